The van der Waals surface area contributed by atoms with Gasteiger partial charge < -0.3 is 15.4 Å². The minimum atomic E-state index is -0.173. The molecule has 0 saturated carbocycles. The van der Waals surface area contributed by atoms with Gasteiger partial charge in [-0.1, -0.05) is 23.8 Å². The molecule has 3 rings (SSSR count). The number of nitrogens with zero attached hydrogens (tertiary/aromatic N) is 1. The van der Waals surface area contributed by atoms with Crippen molar-refractivity contribution in [3.05, 3.63) is 59.2 Å². The third-order valence-corrected chi connectivity index (χ3v) is 4.52. The lowest BCUT2D eigenvalue weighted by atomic mass is 10.1. The summed E-state index contributed by atoms with van der Waals surface area (Å²) in [5.41, 5.74) is 3.93. The minimum absolute atomic E-state index is 0.0674. The van der Waals surface area contributed by atoms with E-state index in [0.717, 1.165) is 24.2 Å². The van der Waals surface area contributed by atoms with Crippen molar-refractivity contribution in [3.63, 3.8) is 0 Å². The van der Waals surface area contributed by atoms with Crippen LogP contribution in [0.2, 0.25) is 0 Å². The highest BCUT2D eigenvalue weighted by Gasteiger charge is 2.15. The van der Waals surface area contributed by atoms with Gasteiger partial charge in [-0.05, 0) is 43.7 Å². The summed E-state index contributed by atoms with van der Waals surface area (Å²) >= 11 is 0. The van der Waals surface area contributed by atoms with Crippen molar-refractivity contribution >= 4 is 23.2 Å². The topological polar surface area (TPSA) is 70.7 Å². The van der Waals surface area contributed by atoms with Gasteiger partial charge in [0.05, 0.1) is 19.8 Å². The van der Waals surface area contributed by atoms with Crippen LogP contribution in [0, 0.1) is 13.8 Å². The van der Waals surface area contributed by atoms with Gasteiger partial charge in [-0.3, -0.25) is 14.5 Å². The second-order valence-electron chi connectivity index (χ2n) is 6.79. The molecule has 142 valence electrons. The van der Waals surface area contributed by atoms with Crippen LogP contribution in [-0.4, -0.2) is 49.6 Å². The van der Waals surface area contributed by atoms with Crippen LogP contribution in [0.5, 0.6) is 0 Å². The zero-order valence-corrected chi connectivity index (χ0v) is 15.7. The second-order valence-corrected chi connectivity index (χ2v) is 6.79. The SMILES string of the molecule is Cc1cccc(C(=O)Nc2ccc(C)c(NC(=O)CN3CCOCC3)c2)c1. The molecule has 6 nitrogen and oxygen atoms in total. The summed E-state index contributed by atoms with van der Waals surface area (Å²) in [6, 6.07) is 12.9. The lowest BCUT2D eigenvalue weighted by Crippen LogP contribution is -2.41. The third-order valence-electron chi connectivity index (χ3n) is 4.52. The Kier molecular flexibility index (Phi) is 6.21. The van der Waals surface area contributed by atoms with Gasteiger partial charge >= 0.3 is 0 Å². The molecule has 2 amide bonds. The number of aryl methyl sites for hydroxylation is 2. The van der Waals surface area contributed by atoms with Crippen molar-refractivity contribution < 1.29 is 14.3 Å². The van der Waals surface area contributed by atoms with Crippen LogP contribution in [0.3, 0.4) is 0 Å². The number of benzene rings is 2. The summed E-state index contributed by atoms with van der Waals surface area (Å²) in [4.78, 5) is 26.8. The van der Waals surface area contributed by atoms with Crippen molar-refractivity contribution in [3.8, 4) is 0 Å². The number of amides is 2. The molecule has 0 aliphatic carbocycles. The first kappa shape index (κ1) is 19.1. The van der Waals surface area contributed by atoms with Crippen LogP contribution in [0.4, 0.5) is 11.4 Å². The number of hydrogen-bond donors (Lipinski definition) is 2. The monoisotopic (exact) mass is 367 g/mol. The molecule has 6 heteroatoms. The lowest BCUT2D eigenvalue weighted by Gasteiger charge is -2.26. The van der Waals surface area contributed by atoms with Gasteiger partial charge in [-0.25, -0.2) is 0 Å². The molecule has 1 fully saturated rings. The van der Waals surface area contributed by atoms with Gasteiger partial charge in [0.25, 0.3) is 5.91 Å². The molecule has 0 atom stereocenters. The number of ether oxygens (including phenoxy) is 1. The summed E-state index contributed by atoms with van der Waals surface area (Å²) < 4.78 is 5.30. The summed E-state index contributed by atoms with van der Waals surface area (Å²) in [7, 11) is 0. The standard InChI is InChI=1S/C21H25N3O3/c1-15-4-3-5-17(12-15)21(26)22-18-7-6-16(2)19(13-18)23-20(25)14-24-8-10-27-11-9-24/h3-7,12-13H,8-11,14H2,1-2H3,(H,22,26)(H,23,25). The second kappa shape index (κ2) is 8.79. The number of hydrogen-bond acceptors (Lipinski definition) is 4. The summed E-state index contributed by atoms with van der Waals surface area (Å²) in [6.45, 7) is 7.06. The number of anilines is 2. The Balaban J connectivity index is 1.64. The molecule has 2 aromatic rings. The third kappa shape index (κ3) is 5.39. The number of morpholine rings is 1. The molecule has 0 aromatic heterocycles. The normalized spacial score (nSPS) is 14.6. The molecule has 1 heterocycles. The van der Waals surface area contributed by atoms with Gasteiger partial charge in [0, 0.05) is 30.0 Å². The fraction of sp³-hybridized carbons (Fsp3) is 0.333. The van der Waals surface area contributed by atoms with E-state index in [9.17, 15) is 9.59 Å². The maximum atomic E-state index is 12.4. The Morgan fingerprint density at radius 3 is 2.56 bits per heavy atom. The average molecular weight is 367 g/mol. The van der Waals surface area contributed by atoms with E-state index >= 15 is 0 Å². The molecule has 0 radical (unpaired) electrons. The zero-order valence-electron chi connectivity index (χ0n) is 15.7. The van der Waals surface area contributed by atoms with E-state index in [1.165, 1.54) is 0 Å². The maximum Gasteiger partial charge on any atom is 0.255 e. The smallest absolute Gasteiger partial charge is 0.255 e. The van der Waals surface area contributed by atoms with Crippen molar-refractivity contribution in [1.82, 2.24) is 4.90 Å². The fourth-order valence-corrected chi connectivity index (χ4v) is 2.98. The van der Waals surface area contributed by atoms with Crippen molar-refractivity contribution in [2.24, 2.45) is 0 Å². The summed E-state index contributed by atoms with van der Waals surface area (Å²) in [5.74, 6) is -0.240. The van der Waals surface area contributed by atoms with Gasteiger partial charge in [0.1, 0.15) is 0 Å². The van der Waals surface area contributed by atoms with Gasteiger partial charge in [0.2, 0.25) is 5.91 Å². The van der Waals surface area contributed by atoms with E-state index in [1.807, 2.05) is 44.2 Å². The Bertz CT molecular complexity index is 829. The molecule has 1 saturated heterocycles. The van der Waals surface area contributed by atoms with Crippen LogP contribution in [0.15, 0.2) is 42.5 Å². The van der Waals surface area contributed by atoms with Crippen molar-refractivity contribution in [2.45, 2.75) is 13.8 Å². The molecular weight excluding hydrogens is 342 g/mol. The lowest BCUT2D eigenvalue weighted by molar-refractivity contribution is -0.118. The van der Waals surface area contributed by atoms with Crippen molar-refractivity contribution in [2.75, 3.05) is 43.5 Å². The molecule has 1 aliphatic rings. The maximum absolute atomic E-state index is 12.4. The first-order valence-corrected chi connectivity index (χ1v) is 9.10. The fourth-order valence-electron chi connectivity index (χ4n) is 2.98. The molecule has 0 unspecified atom stereocenters. The Hall–Kier alpha value is -2.70. The molecule has 0 bridgehead atoms. The minimum Gasteiger partial charge on any atom is -0.379 e. The quantitative estimate of drug-likeness (QED) is 0.853. The average Bonchev–Trinajstić information content (AvgIpc) is 2.65. The Morgan fingerprint density at radius 1 is 1.04 bits per heavy atom. The van der Waals surface area contributed by atoms with Crippen molar-refractivity contribution in [1.29, 1.82) is 0 Å². The highest BCUT2D eigenvalue weighted by molar-refractivity contribution is 6.05. The Morgan fingerprint density at radius 2 is 1.81 bits per heavy atom. The molecule has 0 spiro atoms. The zero-order chi connectivity index (χ0) is 19.2. The number of rotatable bonds is 5. The van der Waals surface area contributed by atoms with E-state index in [-0.39, 0.29) is 11.8 Å². The Labute approximate surface area is 159 Å². The number of carbonyl (C=O) groups is 2. The summed E-state index contributed by atoms with van der Waals surface area (Å²) in [5, 5.41) is 5.84. The van der Waals surface area contributed by atoms with Gasteiger partial charge in [-0.2, -0.15) is 0 Å². The van der Waals surface area contributed by atoms with E-state index in [1.54, 1.807) is 12.1 Å². The molecule has 2 aromatic carbocycles. The van der Waals surface area contributed by atoms with E-state index in [4.69, 9.17) is 4.74 Å². The van der Waals surface area contributed by atoms with E-state index in [2.05, 4.69) is 15.5 Å². The van der Waals surface area contributed by atoms with Crippen LogP contribution in [-0.2, 0) is 9.53 Å². The predicted molar refractivity (Wildman–Crippen MR) is 106 cm³/mol. The highest BCUT2D eigenvalue weighted by Crippen LogP contribution is 2.21. The van der Waals surface area contributed by atoms with Crippen LogP contribution < -0.4 is 10.6 Å². The molecular formula is C21H25N3O3. The highest BCUT2D eigenvalue weighted by atomic mass is 16.5. The van der Waals surface area contributed by atoms with E-state index in [0.29, 0.717) is 36.7 Å². The first-order valence-electron chi connectivity index (χ1n) is 9.10. The predicted octanol–water partition coefficient (Wildman–Crippen LogP) is 2.83. The number of carbonyl (C=O) groups excluding carboxylic acids is 2. The first-order chi connectivity index (χ1) is 13.0. The van der Waals surface area contributed by atoms with Crippen LogP contribution >= 0.6 is 0 Å². The van der Waals surface area contributed by atoms with Crippen LogP contribution in [0.1, 0.15) is 21.5 Å². The largest absolute Gasteiger partial charge is 0.379 e. The van der Waals surface area contributed by atoms with Gasteiger partial charge in [-0.15, -0.1) is 0 Å². The molecule has 2 N–H and O–H groups in total. The van der Waals surface area contributed by atoms with E-state index < -0.39 is 0 Å². The summed E-state index contributed by atoms with van der Waals surface area (Å²) in [6.07, 6.45) is 0. The molecule has 1 aliphatic heterocycles. The van der Waals surface area contributed by atoms with Crippen LogP contribution in [0.25, 0.3) is 0 Å². The number of nitrogens with one attached hydrogen (secondary N) is 2. The van der Waals surface area contributed by atoms with Gasteiger partial charge in [0.15, 0.2) is 0 Å². The molecule has 27 heavy (non-hydrogen) atoms.